The summed E-state index contributed by atoms with van der Waals surface area (Å²) in [5.41, 5.74) is 0.621. The molecule has 0 aliphatic carbocycles. The van der Waals surface area contributed by atoms with Gasteiger partial charge in [0.2, 0.25) is 0 Å². The molecule has 1 aromatic heterocycles. The Kier molecular flexibility index (Phi) is 5.77. The highest BCUT2D eigenvalue weighted by molar-refractivity contribution is 5.94. The number of anilines is 1. The van der Waals surface area contributed by atoms with Gasteiger partial charge in [-0.25, -0.2) is 4.98 Å². The van der Waals surface area contributed by atoms with E-state index in [1.807, 2.05) is 26.0 Å². The van der Waals surface area contributed by atoms with Crippen LogP contribution in [-0.2, 0) is 0 Å². The van der Waals surface area contributed by atoms with E-state index in [1.165, 1.54) is 0 Å². The van der Waals surface area contributed by atoms with Gasteiger partial charge in [-0.3, -0.25) is 9.69 Å². The van der Waals surface area contributed by atoms with Gasteiger partial charge in [0.05, 0.1) is 5.56 Å². The standard InChI is InChI=1S/C17H28N4O/c1-13(2)12-20-7-9-21(10-8-20)16-6-5-15(11-18-16)17(22)19-14(3)4/h5-6,11,13-14H,7-10,12H2,1-4H3,(H,19,22). The van der Waals surface area contributed by atoms with Crippen molar-refractivity contribution in [1.82, 2.24) is 15.2 Å². The molecule has 0 aromatic carbocycles. The van der Waals surface area contributed by atoms with E-state index in [-0.39, 0.29) is 11.9 Å². The Morgan fingerprint density at radius 3 is 2.36 bits per heavy atom. The number of piperazine rings is 1. The molecule has 0 spiro atoms. The molecule has 0 radical (unpaired) electrons. The Morgan fingerprint density at radius 2 is 1.86 bits per heavy atom. The lowest BCUT2D eigenvalue weighted by Crippen LogP contribution is -2.47. The number of aromatic nitrogens is 1. The lowest BCUT2D eigenvalue weighted by Gasteiger charge is -2.36. The number of rotatable bonds is 5. The van der Waals surface area contributed by atoms with E-state index < -0.39 is 0 Å². The third-order valence-electron chi connectivity index (χ3n) is 3.75. The second-order valence-electron chi connectivity index (χ2n) is 6.71. The maximum atomic E-state index is 11.9. The van der Waals surface area contributed by atoms with E-state index in [0.29, 0.717) is 11.5 Å². The van der Waals surface area contributed by atoms with Crippen molar-refractivity contribution in [2.24, 2.45) is 5.92 Å². The summed E-state index contributed by atoms with van der Waals surface area (Å²) in [5.74, 6) is 1.62. The molecule has 22 heavy (non-hydrogen) atoms. The normalized spacial score (nSPS) is 16.4. The SMILES string of the molecule is CC(C)CN1CCN(c2ccc(C(=O)NC(C)C)cn2)CC1. The molecule has 2 heterocycles. The van der Waals surface area contributed by atoms with Crippen LogP contribution in [0.4, 0.5) is 5.82 Å². The highest BCUT2D eigenvalue weighted by atomic mass is 16.1. The number of hydrogen-bond donors (Lipinski definition) is 1. The molecule has 1 aromatic rings. The molecule has 2 rings (SSSR count). The van der Waals surface area contributed by atoms with Gasteiger partial charge >= 0.3 is 0 Å². The third kappa shape index (κ3) is 4.70. The summed E-state index contributed by atoms with van der Waals surface area (Å²) >= 11 is 0. The molecule has 0 saturated carbocycles. The first-order chi connectivity index (χ1) is 10.5. The molecule has 1 aliphatic rings. The highest BCUT2D eigenvalue weighted by Gasteiger charge is 2.18. The topological polar surface area (TPSA) is 48.5 Å². The molecule has 5 heteroatoms. The van der Waals surface area contributed by atoms with E-state index in [4.69, 9.17) is 0 Å². The van der Waals surface area contributed by atoms with E-state index in [1.54, 1.807) is 6.20 Å². The number of hydrogen-bond acceptors (Lipinski definition) is 4. The fourth-order valence-corrected chi connectivity index (χ4v) is 2.73. The lowest BCUT2D eigenvalue weighted by atomic mass is 10.2. The average molecular weight is 304 g/mol. The van der Waals surface area contributed by atoms with Crippen LogP contribution in [0.2, 0.25) is 0 Å². The van der Waals surface area contributed by atoms with Crippen molar-refractivity contribution in [3.63, 3.8) is 0 Å². The van der Waals surface area contributed by atoms with Crippen molar-refractivity contribution in [3.05, 3.63) is 23.9 Å². The second kappa shape index (κ2) is 7.58. The monoisotopic (exact) mass is 304 g/mol. The van der Waals surface area contributed by atoms with Crippen molar-refractivity contribution in [3.8, 4) is 0 Å². The minimum Gasteiger partial charge on any atom is -0.354 e. The summed E-state index contributed by atoms with van der Waals surface area (Å²) in [6.45, 7) is 13.7. The van der Waals surface area contributed by atoms with Gasteiger partial charge in [0.15, 0.2) is 0 Å². The maximum Gasteiger partial charge on any atom is 0.253 e. The van der Waals surface area contributed by atoms with Crippen molar-refractivity contribution >= 4 is 11.7 Å². The van der Waals surface area contributed by atoms with Crippen LogP contribution in [0.1, 0.15) is 38.1 Å². The van der Waals surface area contributed by atoms with E-state index >= 15 is 0 Å². The van der Waals surface area contributed by atoms with Crippen molar-refractivity contribution in [2.75, 3.05) is 37.6 Å². The van der Waals surface area contributed by atoms with Crippen LogP contribution < -0.4 is 10.2 Å². The van der Waals surface area contributed by atoms with Crippen molar-refractivity contribution in [1.29, 1.82) is 0 Å². The van der Waals surface area contributed by atoms with Crippen LogP contribution in [0.5, 0.6) is 0 Å². The van der Waals surface area contributed by atoms with Gasteiger partial charge < -0.3 is 10.2 Å². The number of carbonyl (C=O) groups is 1. The smallest absolute Gasteiger partial charge is 0.253 e. The molecule has 1 N–H and O–H groups in total. The van der Waals surface area contributed by atoms with Gasteiger partial charge in [-0.15, -0.1) is 0 Å². The van der Waals surface area contributed by atoms with Crippen LogP contribution >= 0.6 is 0 Å². The third-order valence-corrected chi connectivity index (χ3v) is 3.75. The Labute approximate surface area is 133 Å². The lowest BCUT2D eigenvalue weighted by molar-refractivity contribution is 0.0943. The summed E-state index contributed by atoms with van der Waals surface area (Å²) < 4.78 is 0. The first kappa shape index (κ1) is 16.7. The van der Waals surface area contributed by atoms with Crippen LogP contribution in [-0.4, -0.2) is 54.6 Å². The van der Waals surface area contributed by atoms with Crippen molar-refractivity contribution in [2.45, 2.75) is 33.7 Å². The van der Waals surface area contributed by atoms with Gasteiger partial charge in [0, 0.05) is 45.0 Å². The van der Waals surface area contributed by atoms with Crippen LogP contribution in [0.25, 0.3) is 0 Å². The fraction of sp³-hybridized carbons (Fsp3) is 0.647. The Morgan fingerprint density at radius 1 is 1.18 bits per heavy atom. The van der Waals surface area contributed by atoms with Gasteiger partial charge in [-0.2, -0.15) is 0 Å². The van der Waals surface area contributed by atoms with E-state index in [0.717, 1.165) is 38.5 Å². The number of pyridine rings is 1. The van der Waals surface area contributed by atoms with Gasteiger partial charge in [0.25, 0.3) is 5.91 Å². The molecular formula is C17H28N4O. The largest absolute Gasteiger partial charge is 0.354 e. The fourth-order valence-electron chi connectivity index (χ4n) is 2.73. The van der Waals surface area contributed by atoms with Gasteiger partial charge in [-0.1, -0.05) is 13.8 Å². The summed E-state index contributed by atoms with van der Waals surface area (Å²) in [6.07, 6.45) is 1.67. The van der Waals surface area contributed by atoms with E-state index in [2.05, 4.69) is 33.9 Å². The molecule has 0 unspecified atom stereocenters. The highest BCUT2D eigenvalue weighted by Crippen LogP contribution is 2.15. The molecule has 1 amide bonds. The van der Waals surface area contributed by atoms with Crippen molar-refractivity contribution < 1.29 is 4.79 Å². The molecular weight excluding hydrogens is 276 g/mol. The Hall–Kier alpha value is -1.62. The Balaban J connectivity index is 1.90. The first-order valence-electron chi connectivity index (χ1n) is 8.20. The predicted octanol–water partition coefficient (Wildman–Crippen LogP) is 2.00. The number of nitrogens with zero attached hydrogens (tertiary/aromatic N) is 3. The summed E-state index contributed by atoms with van der Waals surface area (Å²) in [4.78, 5) is 21.2. The zero-order valence-electron chi connectivity index (χ0n) is 14.2. The second-order valence-corrected chi connectivity index (χ2v) is 6.71. The minimum atomic E-state index is -0.0594. The zero-order chi connectivity index (χ0) is 16.1. The maximum absolute atomic E-state index is 11.9. The molecule has 5 nitrogen and oxygen atoms in total. The van der Waals surface area contributed by atoms with Gasteiger partial charge in [-0.05, 0) is 31.9 Å². The molecule has 0 bridgehead atoms. The predicted molar refractivity (Wildman–Crippen MR) is 90.3 cm³/mol. The summed E-state index contributed by atoms with van der Waals surface area (Å²) in [7, 11) is 0. The summed E-state index contributed by atoms with van der Waals surface area (Å²) in [6, 6.07) is 3.95. The first-order valence-corrected chi connectivity index (χ1v) is 8.20. The number of amides is 1. The number of nitrogens with one attached hydrogen (secondary N) is 1. The zero-order valence-corrected chi connectivity index (χ0v) is 14.2. The van der Waals surface area contributed by atoms with Crippen LogP contribution in [0.15, 0.2) is 18.3 Å². The molecule has 122 valence electrons. The molecule has 1 saturated heterocycles. The molecule has 1 aliphatic heterocycles. The van der Waals surface area contributed by atoms with Gasteiger partial charge in [0.1, 0.15) is 5.82 Å². The average Bonchev–Trinajstić information content (AvgIpc) is 2.47. The van der Waals surface area contributed by atoms with Crippen LogP contribution in [0, 0.1) is 5.92 Å². The number of carbonyl (C=O) groups excluding carboxylic acids is 1. The quantitative estimate of drug-likeness (QED) is 0.904. The van der Waals surface area contributed by atoms with Crippen LogP contribution in [0.3, 0.4) is 0 Å². The molecule has 1 fully saturated rings. The minimum absolute atomic E-state index is 0.0594. The molecule has 0 atom stereocenters. The summed E-state index contributed by atoms with van der Waals surface area (Å²) in [5, 5.41) is 2.88. The Bertz CT molecular complexity index is 476. The van der Waals surface area contributed by atoms with E-state index in [9.17, 15) is 4.79 Å².